The van der Waals surface area contributed by atoms with Crippen LogP contribution in [-0.4, -0.2) is 9.55 Å². The lowest BCUT2D eigenvalue weighted by Gasteiger charge is -2.08. The molecule has 0 spiro atoms. The number of benzene rings is 1. The van der Waals surface area contributed by atoms with Gasteiger partial charge in [-0.25, -0.2) is 4.98 Å². The molecule has 0 bridgehead atoms. The van der Waals surface area contributed by atoms with Crippen molar-refractivity contribution in [1.29, 1.82) is 0 Å². The molecule has 1 aliphatic rings. The predicted octanol–water partition coefficient (Wildman–Crippen LogP) is 1.11. The second kappa shape index (κ2) is 3.15. The number of nitrogens with two attached hydrogens (primary N) is 1. The Labute approximate surface area is 92.7 Å². The number of hydrogen-bond acceptors (Lipinski definition) is 3. The summed E-state index contributed by atoms with van der Waals surface area (Å²) in [6.45, 7) is 2.62. The molecule has 1 aromatic carbocycles. The third kappa shape index (κ3) is 1.13. The zero-order valence-electron chi connectivity index (χ0n) is 9.10. The van der Waals surface area contributed by atoms with Crippen LogP contribution in [0.5, 0.6) is 0 Å². The largest absolute Gasteiger partial charge is 0.321 e. The van der Waals surface area contributed by atoms with Crippen LogP contribution in [0.1, 0.15) is 23.9 Å². The van der Waals surface area contributed by atoms with Crippen LogP contribution in [0.3, 0.4) is 0 Å². The fourth-order valence-electron chi connectivity index (χ4n) is 2.34. The van der Waals surface area contributed by atoms with Gasteiger partial charge in [-0.2, -0.15) is 0 Å². The lowest BCUT2D eigenvalue weighted by atomic mass is 10.1. The Morgan fingerprint density at radius 2 is 2.31 bits per heavy atom. The second-order valence-electron chi connectivity index (χ2n) is 4.29. The number of aromatic nitrogens is 2. The Morgan fingerprint density at radius 1 is 1.50 bits per heavy atom. The highest BCUT2D eigenvalue weighted by atomic mass is 16.1. The first kappa shape index (κ1) is 9.54. The molecular weight excluding hydrogens is 202 g/mol. The van der Waals surface area contributed by atoms with Crippen molar-refractivity contribution in [3.63, 3.8) is 0 Å². The van der Waals surface area contributed by atoms with E-state index >= 15 is 0 Å². The molecule has 1 unspecified atom stereocenters. The van der Waals surface area contributed by atoms with Crippen molar-refractivity contribution in [3.05, 3.63) is 39.9 Å². The van der Waals surface area contributed by atoms with E-state index in [2.05, 4.69) is 4.98 Å². The van der Waals surface area contributed by atoms with Gasteiger partial charge in [0.05, 0.1) is 16.9 Å². The molecule has 0 aliphatic carbocycles. The lowest BCUT2D eigenvalue weighted by Crippen LogP contribution is -2.23. The molecule has 3 rings (SSSR count). The minimum Gasteiger partial charge on any atom is -0.321 e. The molecule has 1 aliphatic heterocycles. The molecule has 2 N–H and O–H groups in total. The fraction of sp³-hybridized carbons (Fsp3) is 0.333. The minimum atomic E-state index is -0.0994. The maximum absolute atomic E-state index is 12.3. The van der Waals surface area contributed by atoms with Crippen LogP contribution in [-0.2, 0) is 6.54 Å². The van der Waals surface area contributed by atoms with Crippen LogP contribution in [0.15, 0.2) is 23.0 Å². The van der Waals surface area contributed by atoms with E-state index in [9.17, 15) is 4.79 Å². The Morgan fingerprint density at radius 3 is 3.12 bits per heavy atom. The van der Waals surface area contributed by atoms with Gasteiger partial charge in [-0.15, -0.1) is 0 Å². The molecule has 2 heterocycles. The van der Waals surface area contributed by atoms with Crippen molar-refractivity contribution in [3.8, 4) is 0 Å². The lowest BCUT2D eigenvalue weighted by molar-refractivity contribution is 0.679. The summed E-state index contributed by atoms with van der Waals surface area (Å²) in [5.74, 6) is 0.725. The van der Waals surface area contributed by atoms with E-state index in [1.54, 1.807) is 4.57 Å². The average Bonchev–Trinajstić information content (AvgIpc) is 2.61. The van der Waals surface area contributed by atoms with Gasteiger partial charge in [0.2, 0.25) is 0 Å². The Balaban J connectivity index is 2.49. The van der Waals surface area contributed by atoms with Gasteiger partial charge in [0.25, 0.3) is 5.56 Å². The van der Waals surface area contributed by atoms with E-state index in [4.69, 9.17) is 5.73 Å². The standard InChI is InChI=1S/C12H13N3O/c1-7-3-2-4-9-10(7)12(16)15-6-5-8(13)11(15)14-9/h2-4,8H,5-6,13H2,1H3. The third-order valence-corrected chi connectivity index (χ3v) is 3.22. The van der Waals surface area contributed by atoms with E-state index in [-0.39, 0.29) is 11.6 Å². The van der Waals surface area contributed by atoms with Gasteiger partial charge >= 0.3 is 0 Å². The SMILES string of the molecule is Cc1cccc2nc3n(c(=O)c12)CCC3N. The zero-order chi connectivity index (χ0) is 11.3. The Hall–Kier alpha value is -1.68. The van der Waals surface area contributed by atoms with Crippen molar-refractivity contribution in [2.24, 2.45) is 5.73 Å². The molecule has 4 nitrogen and oxygen atoms in total. The molecule has 0 amide bonds. The van der Waals surface area contributed by atoms with E-state index in [0.29, 0.717) is 6.54 Å². The van der Waals surface area contributed by atoms with Crippen molar-refractivity contribution in [1.82, 2.24) is 9.55 Å². The van der Waals surface area contributed by atoms with E-state index < -0.39 is 0 Å². The Kier molecular flexibility index (Phi) is 1.88. The molecule has 16 heavy (non-hydrogen) atoms. The monoisotopic (exact) mass is 215 g/mol. The van der Waals surface area contributed by atoms with Crippen molar-refractivity contribution in [2.45, 2.75) is 25.9 Å². The van der Waals surface area contributed by atoms with Crippen molar-refractivity contribution >= 4 is 10.9 Å². The fourth-order valence-corrected chi connectivity index (χ4v) is 2.34. The van der Waals surface area contributed by atoms with E-state index in [1.807, 2.05) is 25.1 Å². The van der Waals surface area contributed by atoms with E-state index in [1.165, 1.54) is 0 Å². The molecule has 0 saturated heterocycles. The summed E-state index contributed by atoms with van der Waals surface area (Å²) >= 11 is 0. The smallest absolute Gasteiger partial charge is 0.261 e. The quantitative estimate of drug-likeness (QED) is 0.716. The van der Waals surface area contributed by atoms with Crippen LogP contribution in [0.2, 0.25) is 0 Å². The summed E-state index contributed by atoms with van der Waals surface area (Å²) in [6.07, 6.45) is 0.803. The molecule has 4 heteroatoms. The minimum absolute atomic E-state index is 0.0473. The highest BCUT2D eigenvalue weighted by Crippen LogP contribution is 2.22. The molecule has 82 valence electrons. The summed E-state index contributed by atoms with van der Waals surface area (Å²) in [4.78, 5) is 16.8. The van der Waals surface area contributed by atoms with Crippen LogP contribution in [0.25, 0.3) is 10.9 Å². The number of nitrogens with zero attached hydrogens (tertiary/aromatic N) is 2. The van der Waals surface area contributed by atoms with Crippen LogP contribution < -0.4 is 11.3 Å². The topological polar surface area (TPSA) is 60.9 Å². The average molecular weight is 215 g/mol. The van der Waals surface area contributed by atoms with Crippen molar-refractivity contribution in [2.75, 3.05) is 0 Å². The highest BCUT2D eigenvalue weighted by Gasteiger charge is 2.23. The second-order valence-corrected chi connectivity index (χ2v) is 4.29. The Bertz CT molecular complexity index is 630. The van der Waals surface area contributed by atoms with Gasteiger partial charge < -0.3 is 5.73 Å². The predicted molar refractivity (Wildman–Crippen MR) is 62.3 cm³/mol. The summed E-state index contributed by atoms with van der Waals surface area (Å²) in [5, 5.41) is 0.723. The number of rotatable bonds is 0. The zero-order valence-corrected chi connectivity index (χ0v) is 9.10. The first-order valence-electron chi connectivity index (χ1n) is 5.44. The highest BCUT2D eigenvalue weighted by molar-refractivity contribution is 5.81. The van der Waals surface area contributed by atoms with Crippen molar-refractivity contribution < 1.29 is 0 Å². The van der Waals surface area contributed by atoms with Gasteiger partial charge in [0.15, 0.2) is 0 Å². The summed E-state index contributed by atoms with van der Waals surface area (Å²) in [5.41, 5.74) is 7.70. The number of aryl methyl sites for hydroxylation is 1. The van der Waals surface area contributed by atoms with Gasteiger partial charge in [-0.1, -0.05) is 12.1 Å². The molecular formula is C12H13N3O. The first-order chi connectivity index (χ1) is 7.68. The molecule has 2 aromatic rings. The third-order valence-electron chi connectivity index (χ3n) is 3.22. The number of fused-ring (bicyclic) bond motifs is 2. The van der Waals surface area contributed by atoms with Gasteiger partial charge in [-0.05, 0) is 25.0 Å². The van der Waals surface area contributed by atoms with Crippen LogP contribution >= 0.6 is 0 Å². The molecule has 0 saturated carbocycles. The van der Waals surface area contributed by atoms with Gasteiger partial charge in [0.1, 0.15) is 5.82 Å². The maximum atomic E-state index is 12.3. The summed E-state index contributed by atoms with van der Waals surface area (Å²) in [7, 11) is 0. The normalized spacial score (nSPS) is 19.0. The van der Waals surface area contributed by atoms with E-state index in [0.717, 1.165) is 28.7 Å². The molecule has 0 radical (unpaired) electrons. The summed E-state index contributed by atoms with van der Waals surface area (Å²) in [6, 6.07) is 5.63. The van der Waals surface area contributed by atoms with Crippen LogP contribution in [0.4, 0.5) is 0 Å². The molecule has 1 atom stereocenters. The van der Waals surface area contributed by atoms with Gasteiger partial charge in [0, 0.05) is 6.54 Å². The molecule has 1 aromatic heterocycles. The molecule has 0 fully saturated rings. The van der Waals surface area contributed by atoms with Gasteiger partial charge in [-0.3, -0.25) is 9.36 Å². The summed E-state index contributed by atoms with van der Waals surface area (Å²) < 4.78 is 1.71. The number of hydrogen-bond donors (Lipinski definition) is 1. The van der Waals surface area contributed by atoms with Crippen LogP contribution in [0, 0.1) is 6.92 Å². The first-order valence-corrected chi connectivity index (χ1v) is 5.44. The maximum Gasteiger partial charge on any atom is 0.261 e.